The van der Waals surface area contributed by atoms with Crippen LogP contribution in [-0.4, -0.2) is 4.98 Å². The van der Waals surface area contributed by atoms with Gasteiger partial charge in [-0.05, 0) is 25.1 Å². The highest BCUT2D eigenvalue weighted by atomic mass is 19.1. The van der Waals surface area contributed by atoms with E-state index in [0.717, 1.165) is 0 Å². The molecule has 0 aliphatic heterocycles. The second kappa shape index (κ2) is 5.28. The van der Waals surface area contributed by atoms with Crippen LogP contribution in [-0.2, 0) is 0 Å². The molecule has 4 heteroatoms. The zero-order valence-electron chi connectivity index (χ0n) is 9.89. The largest absolute Gasteiger partial charge is 0.363 e. The number of pyridine rings is 1. The summed E-state index contributed by atoms with van der Waals surface area (Å²) < 4.78 is 13.6. The Morgan fingerprint density at radius 1 is 1.22 bits per heavy atom. The average Bonchev–Trinajstić information content (AvgIpc) is 2.39. The molecule has 1 N–H and O–H groups in total. The second-order valence-electron chi connectivity index (χ2n) is 3.91. The Morgan fingerprint density at radius 3 is 2.72 bits per heavy atom. The average molecular weight is 241 g/mol. The quantitative estimate of drug-likeness (QED) is 0.897. The van der Waals surface area contributed by atoms with E-state index in [1.165, 1.54) is 6.07 Å². The first kappa shape index (κ1) is 12.1. The standard InChI is InChI=1S/C14H12FN3/c1-10(12-6-2-3-7-13(12)15)17-14-8-4-5-11(9-16)18-14/h2-8,10H,1H3,(H,17,18). The summed E-state index contributed by atoms with van der Waals surface area (Å²) in [5, 5.41) is 11.8. The molecule has 0 amide bonds. The van der Waals surface area contributed by atoms with Crippen LogP contribution in [0.4, 0.5) is 10.2 Å². The van der Waals surface area contributed by atoms with Crippen LogP contribution in [0.2, 0.25) is 0 Å². The summed E-state index contributed by atoms with van der Waals surface area (Å²) >= 11 is 0. The van der Waals surface area contributed by atoms with Crippen molar-refractivity contribution in [2.45, 2.75) is 13.0 Å². The molecule has 0 spiro atoms. The number of hydrogen-bond acceptors (Lipinski definition) is 3. The Hall–Kier alpha value is -2.41. The fraction of sp³-hybridized carbons (Fsp3) is 0.143. The molecule has 90 valence electrons. The van der Waals surface area contributed by atoms with Crippen LogP contribution in [0.5, 0.6) is 0 Å². The third kappa shape index (κ3) is 2.64. The van der Waals surface area contributed by atoms with E-state index in [0.29, 0.717) is 17.1 Å². The lowest BCUT2D eigenvalue weighted by atomic mass is 10.1. The molecule has 18 heavy (non-hydrogen) atoms. The molecule has 2 aromatic rings. The van der Waals surface area contributed by atoms with Crippen molar-refractivity contribution in [3.8, 4) is 6.07 Å². The number of anilines is 1. The third-order valence-electron chi connectivity index (χ3n) is 2.60. The van der Waals surface area contributed by atoms with Crippen molar-refractivity contribution in [2.24, 2.45) is 0 Å². The normalized spacial score (nSPS) is 11.6. The molecule has 0 radical (unpaired) electrons. The maximum Gasteiger partial charge on any atom is 0.142 e. The lowest BCUT2D eigenvalue weighted by molar-refractivity contribution is 0.600. The van der Waals surface area contributed by atoms with E-state index in [2.05, 4.69) is 10.3 Å². The van der Waals surface area contributed by atoms with Gasteiger partial charge in [0.1, 0.15) is 23.4 Å². The van der Waals surface area contributed by atoms with Crippen molar-refractivity contribution in [3.05, 3.63) is 59.5 Å². The monoisotopic (exact) mass is 241 g/mol. The van der Waals surface area contributed by atoms with E-state index in [4.69, 9.17) is 5.26 Å². The van der Waals surface area contributed by atoms with Crippen molar-refractivity contribution in [2.75, 3.05) is 5.32 Å². The fourth-order valence-corrected chi connectivity index (χ4v) is 1.70. The lowest BCUT2D eigenvalue weighted by Crippen LogP contribution is -2.09. The molecule has 1 aromatic heterocycles. The predicted molar refractivity (Wildman–Crippen MR) is 67.4 cm³/mol. The highest BCUT2D eigenvalue weighted by Crippen LogP contribution is 2.20. The Bertz CT molecular complexity index is 590. The van der Waals surface area contributed by atoms with Gasteiger partial charge in [-0.15, -0.1) is 0 Å². The fourth-order valence-electron chi connectivity index (χ4n) is 1.70. The number of nitrogens with zero attached hydrogens (tertiary/aromatic N) is 2. The van der Waals surface area contributed by atoms with Crippen LogP contribution in [0.3, 0.4) is 0 Å². The molecule has 0 aliphatic rings. The Labute approximate surface area is 105 Å². The van der Waals surface area contributed by atoms with Crippen LogP contribution in [0.25, 0.3) is 0 Å². The first-order valence-electron chi connectivity index (χ1n) is 5.59. The topological polar surface area (TPSA) is 48.7 Å². The van der Waals surface area contributed by atoms with Crippen molar-refractivity contribution in [1.82, 2.24) is 4.98 Å². The molecule has 3 nitrogen and oxygen atoms in total. The maximum absolute atomic E-state index is 13.6. The number of halogens is 1. The number of nitrogens with one attached hydrogen (secondary N) is 1. The van der Waals surface area contributed by atoms with Gasteiger partial charge in [-0.1, -0.05) is 24.3 Å². The predicted octanol–water partition coefficient (Wildman–Crippen LogP) is 3.27. The summed E-state index contributed by atoms with van der Waals surface area (Å²) in [5.74, 6) is 0.304. The van der Waals surface area contributed by atoms with Crippen molar-refractivity contribution >= 4 is 5.82 Å². The second-order valence-corrected chi connectivity index (χ2v) is 3.91. The number of nitriles is 1. The zero-order valence-corrected chi connectivity index (χ0v) is 9.89. The molecule has 1 heterocycles. The Kier molecular flexibility index (Phi) is 3.54. The molecule has 0 aliphatic carbocycles. The van der Waals surface area contributed by atoms with Gasteiger partial charge in [-0.2, -0.15) is 5.26 Å². The lowest BCUT2D eigenvalue weighted by Gasteiger charge is -2.15. The molecule has 0 saturated carbocycles. The summed E-state index contributed by atoms with van der Waals surface area (Å²) in [7, 11) is 0. The Balaban J connectivity index is 2.19. The van der Waals surface area contributed by atoms with Crippen molar-refractivity contribution < 1.29 is 4.39 Å². The van der Waals surface area contributed by atoms with Crippen LogP contribution in [0.1, 0.15) is 24.2 Å². The van der Waals surface area contributed by atoms with Crippen molar-refractivity contribution in [1.29, 1.82) is 5.26 Å². The van der Waals surface area contributed by atoms with Gasteiger partial charge in [0.2, 0.25) is 0 Å². The van der Waals surface area contributed by atoms with E-state index in [-0.39, 0.29) is 11.9 Å². The van der Waals surface area contributed by atoms with Crippen LogP contribution in [0, 0.1) is 17.1 Å². The van der Waals surface area contributed by atoms with E-state index in [1.807, 2.05) is 13.0 Å². The van der Waals surface area contributed by atoms with E-state index in [1.54, 1.807) is 36.4 Å². The summed E-state index contributed by atoms with van der Waals surface area (Å²) in [6, 6.07) is 13.4. The molecule has 0 saturated heterocycles. The van der Waals surface area contributed by atoms with Gasteiger partial charge in [-0.3, -0.25) is 0 Å². The number of benzene rings is 1. The van der Waals surface area contributed by atoms with Gasteiger partial charge >= 0.3 is 0 Å². The van der Waals surface area contributed by atoms with E-state index in [9.17, 15) is 4.39 Å². The van der Waals surface area contributed by atoms with Crippen LogP contribution in [0.15, 0.2) is 42.5 Å². The maximum atomic E-state index is 13.6. The third-order valence-corrected chi connectivity index (χ3v) is 2.60. The highest BCUT2D eigenvalue weighted by molar-refractivity contribution is 5.41. The number of hydrogen-bond donors (Lipinski definition) is 1. The van der Waals surface area contributed by atoms with Crippen LogP contribution < -0.4 is 5.32 Å². The molecule has 0 fully saturated rings. The number of aromatic nitrogens is 1. The van der Waals surface area contributed by atoms with Gasteiger partial charge in [-0.25, -0.2) is 9.37 Å². The summed E-state index contributed by atoms with van der Waals surface area (Å²) in [6.07, 6.45) is 0. The summed E-state index contributed by atoms with van der Waals surface area (Å²) in [6.45, 7) is 1.85. The van der Waals surface area contributed by atoms with Crippen molar-refractivity contribution in [3.63, 3.8) is 0 Å². The minimum Gasteiger partial charge on any atom is -0.363 e. The van der Waals surface area contributed by atoms with Gasteiger partial charge < -0.3 is 5.32 Å². The smallest absolute Gasteiger partial charge is 0.142 e. The molecule has 2 rings (SSSR count). The van der Waals surface area contributed by atoms with Gasteiger partial charge in [0.25, 0.3) is 0 Å². The first-order chi connectivity index (χ1) is 8.70. The van der Waals surface area contributed by atoms with Gasteiger partial charge in [0.05, 0.1) is 6.04 Å². The SMILES string of the molecule is CC(Nc1cccc(C#N)n1)c1ccccc1F. The highest BCUT2D eigenvalue weighted by Gasteiger charge is 2.10. The van der Waals surface area contributed by atoms with Gasteiger partial charge in [0.15, 0.2) is 0 Å². The Morgan fingerprint density at radius 2 is 2.00 bits per heavy atom. The number of rotatable bonds is 3. The van der Waals surface area contributed by atoms with Crippen LogP contribution >= 0.6 is 0 Å². The van der Waals surface area contributed by atoms with E-state index < -0.39 is 0 Å². The molecular formula is C14H12FN3. The molecule has 1 aromatic carbocycles. The minimum atomic E-state index is -0.256. The van der Waals surface area contributed by atoms with Gasteiger partial charge in [0, 0.05) is 5.56 Å². The van der Waals surface area contributed by atoms with E-state index >= 15 is 0 Å². The zero-order chi connectivity index (χ0) is 13.0. The minimum absolute atomic E-state index is 0.215. The molecule has 1 atom stereocenters. The molecule has 0 bridgehead atoms. The summed E-state index contributed by atoms with van der Waals surface area (Å²) in [4.78, 5) is 4.09. The first-order valence-corrected chi connectivity index (χ1v) is 5.59. The summed E-state index contributed by atoms with van der Waals surface area (Å²) in [5.41, 5.74) is 0.905. The molecular weight excluding hydrogens is 229 g/mol. The molecule has 1 unspecified atom stereocenters.